The molecule has 1 aromatic carbocycles. The Morgan fingerprint density at radius 1 is 1.12 bits per heavy atom. The molecule has 11 heteroatoms. The molecule has 2 amide bonds. The first-order chi connectivity index (χ1) is 15.3. The van der Waals surface area contributed by atoms with Gasteiger partial charge < -0.3 is 32.5 Å². The molecule has 11 nitrogen and oxygen atoms in total. The van der Waals surface area contributed by atoms with Crippen molar-refractivity contribution < 1.29 is 14.7 Å². The fourth-order valence-electron chi connectivity index (χ4n) is 2.63. The van der Waals surface area contributed by atoms with Crippen LogP contribution in [-0.2, 0) is 11.3 Å². The molecule has 0 aliphatic heterocycles. The zero-order valence-corrected chi connectivity index (χ0v) is 18.1. The van der Waals surface area contributed by atoms with E-state index in [2.05, 4.69) is 20.9 Å². The van der Waals surface area contributed by atoms with Crippen LogP contribution in [0.4, 0.5) is 11.5 Å². The lowest BCUT2D eigenvalue weighted by Gasteiger charge is -2.20. The number of aliphatic hydroxyl groups excluding tert-OH is 1. The molecule has 1 aromatic heterocycles. The van der Waals surface area contributed by atoms with Crippen LogP contribution in [0, 0.1) is 0 Å². The van der Waals surface area contributed by atoms with E-state index in [9.17, 15) is 14.4 Å². The van der Waals surface area contributed by atoms with Crippen molar-refractivity contribution in [3.8, 4) is 0 Å². The SMILES string of the molecule is C[C@@](N)(CO)C(=O)Nc1ccc(C(=O)Nc2ccn(CCCNCCCN)c(=O)n2)cc1. The van der Waals surface area contributed by atoms with Crippen molar-refractivity contribution in [1.29, 1.82) is 0 Å². The number of amides is 2. The number of anilines is 2. The van der Waals surface area contributed by atoms with E-state index in [1.807, 2.05) is 0 Å². The molecule has 0 fully saturated rings. The molecule has 0 aliphatic carbocycles. The van der Waals surface area contributed by atoms with Crippen molar-refractivity contribution in [2.45, 2.75) is 31.8 Å². The van der Waals surface area contributed by atoms with Crippen LogP contribution >= 0.6 is 0 Å². The molecule has 0 saturated carbocycles. The van der Waals surface area contributed by atoms with E-state index in [-0.39, 0.29) is 5.82 Å². The lowest BCUT2D eigenvalue weighted by Crippen LogP contribution is -2.51. The minimum atomic E-state index is -1.41. The molecule has 0 bridgehead atoms. The average Bonchev–Trinajstić information content (AvgIpc) is 2.77. The van der Waals surface area contributed by atoms with Crippen molar-refractivity contribution in [3.05, 3.63) is 52.6 Å². The monoisotopic (exact) mass is 445 g/mol. The summed E-state index contributed by atoms with van der Waals surface area (Å²) in [6.45, 7) is 3.68. The molecule has 0 radical (unpaired) electrons. The number of nitrogens with one attached hydrogen (secondary N) is 3. The summed E-state index contributed by atoms with van der Waals surface area (Å²) >= 11 is 0. The molecule has 0 saturated heterocycles. The van der Waals surface area contributed by atoms with Crippen LogP contribution in [0.3, 0.4) is 0 Å². The second kappa shape index (κ2) is 12.1. The highest BCUT2D eigenvalue weighted by Gasteiger charge is 2.27. The Morgan fingerprint density at radius 3 is 2.44 bits per heavy atom. The predicted molar refractivity (Wildman–Crippen MR) is 122 cm³/mol. The molecule has 8 N–H and O–H groups in total. The van der Waals surface area contributed by atoms with Gasteiger partial charge in [-0.1, -0.05) is 0 Å². The summed E-state index contributed by atoms with van der Waals surface area (Å²) in [6, 6.07) is 7.65. The molecule has 32 heavy (non-hydrogen) atoms. The lowest BCUT2D eigenvalue weighted by atomic mass is 10.0. The predicted octanol–water partition coefficient (Wildman–Crippen LogP) is -0.528. The van der Waals surface area contributed by atoms with E-state index in [4.69, 9.17) is 16.6 Å². The van der Waals surface area contributed by atoms with Gasteiger partial charge in [0.25, 0.3) is 5.91 Å². The number of aliphatic hydroxyl groups is 1. The average molecular weight is 446 g/mol. The Morgan fingerprint density at radius 2 is 1.81 bits per heavy atom. The summed E-state index contributed by atoms with van der Waals surface area (Å²) in [4.78, 5) is 40.5. The third-order valence-electron chi connectivity index (χ3n) is 4.68. The van der Waals surface area contributed by atoms with Gasteiger partial charge in [-0.15, -0.1) is 0 Å². The number of aromatic nitrogens is 2. The number of aryl methyl sites for hydroxylation is 1. The lowest BCUT2D eigenvalue weighted by molar-refractivity contribution is -0.121. The third kappa shape index (κ3) is 7.54. The van der Waals surface area contributed by atoms with Crippen LogP contribution < -0.4 is 33.1 Å². The molecule has 2 rings (SSSR count). The van der Waals surface area contributed by atoms with Gasteiger partial charge >= 0.3 is 5.69 Å². The van der Waals surface area contributed by atoms with Crippen molar-refractivity contribution in [2.24, 2.45) is 11.5 Å². The highest BCUT2D eigenvalue weighted by atomic mass is 16.3. The summed E-state index contributed by atoms with van der Waals surface area (Å²) in [6.07, 6.45) is 3.26. The molecule has 0 unspecified atom stereocenters. The highest BCUT2D eigenvalue weighted by molar-refractivity contribution is 6.04. The molecule has 174 valence electrons. The summed E-state index contributed by atoms with van der Waals surface area (Å²) in [7, 11) is 0. The minimum absolute atomic E-state index is 0.150. The van der Waals surface area contributed by atoms with E-state index in [1.54, 1.807) is 12.3 Å². The number of carbonyl (C=O) groups excluding carboxylic acids is 2. The second-order valence-electron chi connectivity index (χ2n) is 7.60. The minimum Gasteiger partial charge on any atom is -0.394 e. The Balaban J connectivity index is 1.90. The molecule has 0 spiro atoms. The summed E-state index contributed by atoms with van der Waals surface area (Å²) < 4.78 is 1.48. The van der Waals surface area contributed by atoms with Gasteiger partial charge in [-0.3, -0.25) is 14.2 Å². The normalized spacial score (nSPS) is 12.8. The summed E-state index contributed by atoms with van der Waals surface area (Å²) in [5.41, 5.74) is 9.99. The van der Waals surface area contributed by atoms with Gasteiger partial charge in [0.15, 0.2) is 0 Å². The Kier molecular flexibility index (Phi) is 9.47. The van der Waals surface area contributed by atoms with Crippen LogP contribution in [0.25, 0.3) is 0 Å². The van der Waals surface area contributed by atoms with E-state index in [0.29, 0.717) is 24.3 Å². The Hall–Kier alpha value is -3.12. The van der Waals surface area contributed by atoms with Gasteiger partial charge in [0.2, 0.25) is 5.91 Å². The van der Waals surface area contributed by atoms with Crippen molar-refractivity contribution in [1.82, 2.24) is 14.9 Å². The standard InChI is InChI=1S/C21H31N7O4/c1-21(23,14-29)19(31)25-16-6-4-15(5-7-16)18(30)26-17-8-13-28(20(32)27-17)12-3-11-24-10-2-9-22/h4-8,13,24,29H,2-3,9-12,14,22-23H2,1H3,(H,25,31)(H,26,27,30,32)/t21-/m1/s1. The van der Waals surface area contributed by atoms with Crippen LogP contribution in [0.5, 0.6) is 0 Å². The van der Waals surface area contributed by atoms with E-state index in [0.717, 1.165) is 25.9 Å². The van der Waals surface area contributed by atoms with Crippen molar-refractivity contribution >= 4 is 23.3 Å². The highest BCUT2D eigenvalue weighted by Crippen LogP contribution is 2.13. The van der Waals surface area contributed by atoms with E-state index >= 15 is 0 Å². The maximum Gasteiger partial charge on any atom is 0.349 e. The third-order valence-corrected chi connectivity index (χ3v) is 4.68. The van der Waals surface area contributed by atoms with Crippen molar-refractivity contribution in [3.63, 3.8) is 0 Å². The fourth-order valence-corrected chi connectivity index (χ4v) is 2.63. The molecule has 2 aromatic rings. The largest absolute Gasteiger partial charge is 0.394 e. The van der Waals surface area contributed by atoms with Gasteiger partial charge in [-0.2, -0.15) is 4.98 Å². The number of nitrogens with two attached hydrogens (primary N) is 2. The molecule has 0 aliphatic rings. The topological polar surface area (TPSA) is 177 Å². The molecular formula is C21H31N7O4. The number of nitrogens with zero attached hydrogens (tertiary/aromatic N) is 2. The van der Waals surface area contributed by atoms with E-state index < -0.39 is 29.6 Å². The number of hydrogen-bond donors (Lipinski definition) is 6. The Bertz CT molecular complexity index is 957. The first-order valence-corrected chi connectivity index (χ1v) is 10.4. The van der Waals surface area contributed by atoms with E-state index in [1.165, 1.54) is 35.8 Å². The van der Waals surface area contributed by atoms with Gasteiger partial charge in [-0.25, -0.2) is 4.79 Å². The van der Waals surface area contributed by atoms with Crippen molar-refractivity contribution in [2.75, 3.05) is 36.9 Å². The number of benzene rings is 1. The number of carbonyl (C=O) groups is 2. The molecular weight excluding hydrogens is 414 g/mol. The quantitative estimate of drug-likeness (QED) is 0.236. The maximum atomic E-state index is 12.4. The number of rotatable bonds is 12. The first-order valence-electron chi connectivity index (χ1n) is 10.4. The zero-order chi connectivity index (χ0) is 23.6. The molecule has 1 atom stereocenters. The van der Waals surface area contributed by atoms with Gasteiger partial charge in [0, 0.05) is 24.0 Å². The molecule has 1 heterocycles. The first kappa shape index (κ1) is 25.1. The summed E-state index contributed by atoms with van der Waals surface area (Å²) in [5.74, 6) is -0.847. The number of hydrogen-bond acceptors (Lipinski definition) is 8. The Labute approximate surface area is 186 Å². The van der Waals surface area contributed by atoms with Gasteiger partial charge in [0.1, 0.15) is 11.4 Å². The van der Waals surface area contributed by atoms with Gasteiger partial charge in [0.05, 0.1) is 6.61 Å². The van der Waals surface area contributed by atoms with Gasteiger partial charge in [-0.05, 0) is 69.7 Å². The van der Waals surface area contributed by atoms with Crippen LogP contribution in [0.2, 0.25) is 0 Å². The summed E-state index contributed by atoms with van der Waals surface area (Å²) in [5, 5.41) is 17.5. The maximum absolute atomic E-state index is 12.4. The zero-order valence-electron chi connectivity index (χ0n) is 18.1. The van der Waals surface area contributed by atoms with Crippen LogP contribution in [0.1, 0.15) is 30.1 Å². The van der Waals surface area contributed by atoms with Crippen LogP contribution in [-0.4, -0.2) is 58.3 Å². The fraction of sp³-hybridized carbons (Fsp3) is 0.429. The smallest absolute Gasteiger partial charge is 0.349 e. The second-order valence-corrected chi connectivity index (χ2v) is 7.60. The van der Waals surface area contributed by atoms with Crippen LogP contribution in [0.15, 0.2) is 41.3 Å².